The van der Waals surface area contributed by atoms with E-state index in [2.05, 4.69) is 34.7 Å². The smallest absolute Gasteiger partial charge is 0.258 e. The van der Waals surface area contributed by atoms with Crippen molar-refractivity contribution in [3.05, 3.63) is 94.5 Å². The zero-order valence-electron chi connectivity index (χ0n) is 16.6. The Morgan fingerprint density at radius 3 is 2.77 bits per heavy atom. The summed E-state index contributed by atoms with van der Waals surface area (Å²) in [5, 5.41) is 9.57. The molecule has 0 unspecified atom stereocenters. The molecule has 0 aliphatic rings. The maximum absolute atomic E-state index is 12.8. The molecule has 0 fully saturated rings. The van der Waals surface area contributed by atoms with Gasteiger partial charge in [-0.25, -0.2) is 4.68 Å². The number of benzene rings is 2. The lowest BCUT2D eigenvalue weighted by Gasteiger charge is -2.12. The quantitative estimate of drug-likeness (QED) is 0.515. The summed E-state index contributed by atoms with van der Waals surface area (Å²) in [6.07, 6.45) is 3.20. The second-order valence-corrected chi connectivity index (χ2v) is 6.91. The van der Waals surface area contributed by atoms with Gasteiger partial charge in [0.25, 0.3) is 11.5 Å². The fourth-order valence-electron chi connectivity index (χ4n) is 3.38. The van der Waals surface area contributed by atoms with Crippen LogP contribution in [0.1, 0.15) is 15.9 Å². The number of pyridine rings is 1. The highest BCUT2D eigenvalue weighted by Gasteiger charge is 2.12. The molecule has 0 bridgehead atoms. The van der Waals surface area contributed by atoms with Gasteiger partial charge in [-0.1, -0.05) is 42.5 Å². The molecular formula is C23H22N4O3. The number of rotatable bonds is 7. The van der Waals surface area contributed by atoms with Crippen molar-refractivity contribution in [2.45, 2.75) is 13.1 Å². The van der Waals surface area contributed by atoms with Gasteiger partial charge in [-0.2, -0.15) is 5.10 Å². The van der Waals surface area contributed by atoms with Crippen LogP contribution in [0.2, 0.25) is 0 Å². The van der Waals surface area contributed by atoms with Crippen molar-refractivity contribution in [2.75, 3.05) is 19.0 Å². The van der Waals surface area contributed by atoms with Gasteiger partial charge in [-0.15, -0.1) is 0 Å². The van der Waals surface area contributed by atoms with Crippen LogP contribution in [0.3, 0.4) is 0 Å². The van der Waals surface area contributed by atoms with Crippen molar-refractivity contribution < 1.29 is 9.53 Å². The summed E-state index contributed by atoms with van der Waals surface area (Å²) >= 11 is 0. The highest BCUT2D eigenvalue weighted by Crippen LogP contribution is 2.20. The molecule has 1 N–H and O–H groups in total. The SMILES string of the molecule is COCCn1cc(C(=O)Nc2ccnn2Cc2cccc3ccccc23)ccc1=O. The Bertz CT molecular complexity index is 1240. The Balaban J connectivity index is 1.55. The molecule has 0 saturated carbocycles. The van der Waals surface area contributed by atoms with E-state index in [4.69, 9.17) is 4.74 Å². The summed E-state index contributed by atoms with van der Waals surface area (Å²) in [6.45, 7) is 1.30. The number of methoxy groups -OCH3 is 1. The number of nitrogens with one attached hydrogen (secondary N) is 1. The number of anilines is 1. The first-order valence-electron chi connectivity index (χ1n) is 9.65. The van der Waals surface area contributed by atoms with Gasteiger partial charge in [0.15, 0.2) is 0 Å². The maximum atomic E-state index is 12.8. The van der Waals surface area contributed by atoms with Crippen LogP contribution in [0.5, 0.6) is 0 Å². The molecule has 0 radical (unpaired) electrons. The highest BCUT2D eigenvalue weighted by atomic mass is 16.5. The number of fused-ring (bicyclic) bond motifs is 1. The lowest BCUT2D eigenvalue weighted by atomic mass is 10.0. The second kappa shape index (κ2) is 8.75. The van der Waals surface area contributed by atoms with Crippen LogP contribution in [0.15, 0.2) is 77.9 Å². The van der Waals surface area contributed by atoms with Crippen molar-refractivity contribution in [3.63, 3.8) is 0 Å². The molecule has 4 rings (SSSR count). The standard InChI is InChI=1S/C23H22N4O3/c1-30-14-13-26-15-19(9-10-22(26)28)23(29)25-21-11-12-24-27(21)16-18-7-4-6-17-5-2-3-8-20(17)18/h2-12,15H,13-14,16H2,1H3,(H,25,29). The predicted molar refractivity (Wildman–Crippen MR) is 116 cm³/mol. The molecule has 30 heavy (non-hydrogen) atoms. The molecular weight excluding hydrogens is 380 g/mol. The first kappa shape index (κ1) is 19.6. The molecule has 0 spiro atoms. The minimum atomic E-state index is -0.305. The number of hydrogen-bond donors (Lipinski definition) is 1. The van der Waals surface area contributed by atoms with Crippen LogP contribution in [-0.4, -0.2) is 34.0 Å². The summed E-state index contributed by atoms with van der Waals surface area (Å²) in [5.74, 6) is 0.281. The van der Waals surface area contributed by atoms with Crippen molar-refractivity contribution >= 4 is 22.5 Å². The molecule has 152 valence electrons. The van der Waals surface area contributed by atoms with Crippen LogP contribution in [0, 0.1) is 0 Å². The Hall–Kier alpha value is -3.71. The predicted octanol–water partition coefficient (Wildman–Crippen LogP) is 3.15. The number of ether oxygens (including phenoxy) is 1. The Morgan fingerprint density at radius 2 is 1.90 bits per heavy atom. The van der Waals surface area contributed by atoms with Crippen LogP contribution >= 0.6 is 0 Å². The van der Waals surface area contributed by atoms with E-state index in [0.717, 1.165) is 16.3 Å². The lowest BCUT2D eigenvalue weighted by Crippen LogP contribution is -2.24. The summed E-state index contributed by atoms with van der Waals surface area (Å²) in [4.78, 5) is 24.7. The fourth-order valence-corrected chi connectivity index (χ4v) is 3.38. The number of amides is 1. The summed E-state index contributed by atoms with van der Waals surface area (Å²) in [5.41, 5.74) is 1.33. The summed E-state index contributed by atoms with van der Waals surface area (Å²) < 4.78 is 8.23. The molecule has 0 aliphatic carbocycles. The van der Waals surface area contributed by atoms with E-state index in [1.165, 1.54) is 16.7 Å². The van der Waals surface area contributed by atoms with Crippen LogP contribution in [-0.2, 0) is 17.8 Å². The van der Waals surface area contributed by atoms with E-state index >= 15 is 0 Å². The number of carbonyl (C=O) groups excluding carboxylic acids is 1. The van der Waals surface area contributed by atoms with Gasteiger partial charge in [0.1, 0.15) is 5.82 Å². The van der Waals surface area contributed by atoms with Gasteiger partial charge in [0.05, 0.1) is 24.9 Å². The van der Waals surface area contributed by atoms with Gasteiger partial charge in [-0.3, -0.25) is 9.59 Å². The molecule has 0 saturated heterocycles. The first-order valence-corrected chi connectivity index (χ1v) is 9.65. The Labute approximate surface area is 173 Å². The maximum Gasteiger partial charge on any atom is 0.258 e. The molecule has 7 nitrogen and oxygen atoms in total. The van der Waals surface area contributed by atoms with Gasteiger partial charge >= 0.3 is 0 Å². The zero-order valence-corrected chi connectivity index (χ0v) is 16.6. The van der Waals surface area contributed by atoms with E-state index in [-0.39, 0.29) is 11.5 Å². The molecule has 0 aliphatic heterocycles. The highest BCUT2D eigenvalue weighted by molar-refractivity contribution is 6.03. The average Bonchev–Trinajstić information content (AvgIpc) is 3.20. The van der Waals surface area contributed by atoms with Crippen molar-refractivity contribution in [1.82, 2.24) is 14.3 Å². The van der Waals surface area contributed by atoms with Gasteiger partial charge in [0.2, 0.25) is 0 Å². The molecule has 2 aromatic heterocycles. The Kier molecular flexibility index (Phi) is 5.72. The number of nitrogens with zero attached hydrogens (tertiary/aromatic N) is 3. The number of hydrogen-bond acceptors (Lipinski definition) is 4. The van der Waals surface area contributed by atoms with E-state index in [1.807, 2.05) is 18.2 Å². The third-order valence-electron chi connectivity index (χ3n) is 4.94. The second-order valence-electron chi connectivity index (χ2n) is 6.91. The molecule has 2 heterocycles. The largest absolute Gasteiger partial charge is 0.383 e. The third-order valence-corrected chi connectivity index (χ3v) is 4.94. The van der Waals surface area contributed by atoms with Crippen molar-refractivity contribution in [1.29, 1.82) is 0 Å². The topological polar surface area (TPSA) is 78.2 Å². The summed E-state index contributed by atoms with van der Waals surface area (Å²) in [7, 11) is 1.57. The van der Waals surface area contributed by atoms with Crippen LogP contribution in [0.4, 0.5) is 5.82 Å². The van der Waals surface area contributed by atoms with Crippen molar-refractivity contribution in [3.8, 4) is 0 Å². The van der Waals surface area contributed by atoms with Gasteiger partial charge in [-0.05, 0) is 22.4 Å². The first-order chi connectivity index (χ1) is 14.7. The molecule has 0 atom stereocenters. The third kappa shape index (κ3) is 4.16. The van der Waals surface area contributed by atoms with E-state index in [1.54, 1.807) is 30.3 Å². The fraction of sp³-hybridized carbons (Fsp3) is 0.174. The molecule has 4 aromatic rings. The molecule has 7 heteroatoms. The van der Waals surface area contributed by atoms with Gasteiger partial charge < -0.3 is 14.6 Å². The van der Waals surface area contributed by atoms with Crippen LogP contribution < -0.4 is 10.9 Å². The monoisotopic (exact) mass is 402 g/mol. The Morgan fingerprint density at radius 1 is 1.07 bits per heavy atom. The van der Waals surface area contributed by atoms with Crippen LogP contribution in [0.25, 0.3) is 10.8 Å². The minimum absolute atomic E-state index is 0.176. The van der Waals surface area contributed by atoms with E-state index in [0.29, 0.717) is 31.1 Å². The summed E-state index contributed by atoms with van der Waals surface area (Å²) in [6, 6.07) is 19.0. The minimum Gasteiger partial charge on any atom is -0.383 e. The van der Waals surface area contributed by atoms with Gasteiger partial charge in [0, 0.05) is 32.0 Å². The zero-order chi connectivity index (χ0) is 20.9. The number of aromatic nitrogens is 3. The molecule has 2 aromatic carbocycles. The molecule has 1 amide bonds. The van der Waals surface area contributed by atoms with E-state index in [9.17, 15) is 9.59 Å². The number of carbonyl (C=O) groups is 1. The normalized spacial score (nSPS) is 11.0. The average molecular weight is 402 g/mol. The van der Waals surface area contributed by atoms with E-state index < -0.39 is 0 Å². The lowest BCUT2D eigenvalue weighted by molar-refractivity contribution is 0.102. The van der Waals surface area contributed by atoms with Crippen molar-refractivity contribution in [2.24, 2.45) is 0 Å².